The number of aliphatic carboxylic acids is 1. The van der Waals surface area contributed by atoms with Crippen molar-refractivity contribution in [3.8, 4) is 0 Å². The van der Waals surface area contributed by atoms with Crippen molar-refractivity contribution in [2.75, 3.05) is 36.9 Å². The number of benzene rings is 1. The zero-order valence-electron chi connectivity index (χ0n) is 21.8. The van der Waals surface area contributed by atoms with E-state index in [2.05, 4.69) is 4.98 Å². The summed E-state index contributed by atoms with van der Waals surface area (Å²) in [7, 11) is -11.4. The van der Waals surface area contributed by atoms with Crippen molar-refractivity contribution < 1.29 is 52.7 Å². The quantitative estimate of drug-likeness (QED) is 0.405. The lowest BCUT2D eigenvalue weighted by molar-refractivity contribution is -0.192. The molecule has 2 aromatic rings. The van der Waals surface area contributed by atoms with Crippen molar-refractivity contribution in [1.82, 2.24) is 13.6 Å². The molecule has 234 valence electrons. The number of hydrogen-bond donors (Lipinski definition) is 2. The third-order valence-corrected chi connectivity index (χ3v) is 12.0. The first-order chi connectivity index (χ1) is 19.4. The maximum absolute atomic E-state index is 13.5. The number of carboxylic acids is 1. The number of pyridine rings is 1. The van der Waals surface area contributed by atoms with E-state index in [1.165, 1.54) is 24.4 Å². The monoisotopic (exact) mass is 660 g/mol. The number of hydrogen-bond acceptors (Lipinski definition) is 9. The molecule has 42 heavy (non-hydrogen) atoms. The molecule has 19 heteroatoms. The Labute approximate surface area is 240 Å². The summed E-state index contributed by atoms with van der Waals surface area (Å²) in [4.78, 5) is 12.8. The van der Waals surface area contributed by atoms with Crippen LogP contribution in [0.25, 0.3) is 0 Å². The lowest BCUT2D eigenvalue weighted by Crippen LogP contribution is -2.52. The Hall–Kier alpha value is -2.71. The van der Waals surface area contributed by atoms with Gasteiger partial charge in [0.1, 0.15) is 5.82 Å². The average molecular weight is 661 g/mol. The molecule has 0 aliphatic carbocycles. The van der Waals surface area contributed by atoms with E-state index in [9.17, 15) is 42.8 Å². The zero-order valence-corrected chi connectivity index (χ0v) is 24.3. The topological polar surface area (TPSA) is 185 Å². The Morgan fingerprint density at radius 2 is 1.64 bits per heavy atom. The van der Waals surface area contributed by atoms with Crippen LogP contribution in [0.15, 0.2) is 47.6 Å². The second-order valence-electron chi connectivity index (χ2n) is 9.56. The van der Waals surface area contributed by atoms with Gasteiger partial charge in [-0.3, -0.25) is 0 Å². The number of carboxylic acid groups (broad SMARTS) is 1. The molecule has 0 bridgehead atoms. The summed E-state index contributed by atoms with van der Waals surface area (Å²) in [6, 6.07) is 7.72. The standard InChI is InChI=1S/C21H27FN4O6S3.C2HF3O2/c22-19-3-1-17(2-4-19)18-12-20(15-34(29,30)21-11-16(13-23)5-6-24-21)26(14-18)35(31,32)25-7-9-33(27,28)10-8-25;3-2(4,5)1(6)7/h1-6,11,18,20H,7-10,12-15,23H2;(H,6,7). The van der Waals surface area contributed by atoms with Crippen LogP contribution in [0.1, 0.15) is 23.5 Å². The largest absolute Gasteiger partial charge is 0.490 e. The Kier molecular flexibility index (Phi) is 10.4. The van der Waals surface area contributed by atoms with Crippen LogP contribution in [0.4, 0.5) is 17.6 Å². The van der Waals surface area contributed by atoms with Crippen molar-refractivity contribution in [3.63, 3.8) is 0 Å². The van der Waals surface area contributed by atoms with Crippen molar-refractivity contribution in [2.45, 2.75) is 36.1 Å². The van der Waals surface area contributed by atoms with E-state index in [0.29, 0.717) is 11.1 Å². The summed E-state index contributed by atoms with van der Waals surface area (Å²) < 4.78 is 125. The fourth-order valence-electron chi connectivity index (χ4n) is 4.46. The number of halogens is 4. The number of nitrogens with two attached hydrogens (primary N) is 1. The van der Waals surface area contributed by atoms with Gasteiger partial charge in [-0.05, 0) is 47.7 Å². The molecule has 0 radical (unpaired) electrons. The Bertz CT molecular complexity index is 1590. The molecule has 0 spiro atoms. The molecule has 3 heterocycles. The van der Waals surface area contributed by atoms with Crippen LogP contribution in [-0.2, 0) is 41.2 Å². The van der Waals surface area contributed by atoms with Crippen LogP contribution in [0.5, 0.6) is 0 Å². The van der Waals surface area contributed by atoms with Crippen molar-refractivity contribution >= 4 is 35.9 Å². The first kappa shape index (κ1) is 33.8. The third kappa shape index (κ3) is 8.44. The van der Waals surface area contributed by atoms with Gasteiger partial charge in [0, 0.05) is 38.4 Å². The van der Waals surface area contributed by atoms with Gasteiger partial charge in [-0.1, -0.05) is 12.1 Å². The second kappa shape index (κ2) is 12.9. The molecule has 2 saturated heterocycles. The highest BCUT2D eigenvalue weighted by Crippen LogP contribution is 2.36. The molecule has 1 aromatic carbocycles. The van der Waals surface area contributed by atoms with Crippen LogP contribution < -0.4 is 5.73 Å². The lowest BCUT2D eigenvalue weighted by atomic mass is 9.97. The van der Waals surface area contributed by atoms with Gasteiger partial charge in [-0.2, -0.15) is 30.2 Å². The van der Waals surface area contributed by atoms with Gasteiger partial charge in [0.2, 0.25) is 0 Å². The molecular formula is C23H28F4N4O8S3. The van der Waals surface area contributed by atoms with Gasteiger partial charge in [-0.25, -0.2) is 31.0 Å². The minimum Gasteiger partial charge on any atom is -0.475 e. The maximum Gasteiger partial charge on any atom is 0.490 e. The Morgan fingerprint density at radius 1 is 1.07 bits per heavy atom. The van der Waals surface area contributed by atoms with Gasteiger partial charge in [0.25, 0.3) is 10.2 Å². The van der Waals surface area contributed by atoms with E-state index in [4.69, 9.17) is 15.6 Å². The van der Waals surface area contributed by atoms with E-state index < -0.39 is 59.6 Å². The first-order valence-electron chi connectivity index (χ1n) is 12.3. The summed E-state index contributed by atoms with van der Waals surface area (Å²) in [5, 5.41) is 6.94. The normalized spacial score (nSPS) is 21.8. The number of rotatable bonds is 7. The summed E-state index contributed by atoms with van der Waals surface area (Å²) in [5.74, 6) is -4.64. The molecule has 2 unspecified atom stereocenters. The number of alkyl halides is 3. The molecule has 4 rings (SSSR count). The van der Waals surface area contributed by atoms with Gasteiger partial charge in [0.05, 0.1) is 17.3 Å². The minimum atomic E-state index is -5.08. The zero-order chi connectivity index (χ0) is 31.5. The third-order valence-electron chi connectivity index (χ3n) is 6.64. The lowest BCUT2D eigenvalue weighted by Gasteiger charge is -2.32. The molecule has 12 nitrogen and oxygen atoms in total. The average Bonchev–Trinajstić information content (AvgIpc) is 3.32. The molecule has 2 aliphatic heterocycles. The predicted octanol–water partition coefficient (Wildman–Crippen LogP) is 0.920. The highest BCUT2D eigenvalue weighted by atomic mass is 32.2. The Morgan fingerprint density at radius 3 is 2.17 bits per heavy atom. The highest BCUT2D eigenvalue weighted by Gasteiger charge is 2.45. The first-order valence-corrected chi connectivity index (χ1v) is 17.1. The summed E-state index contributed by atoms with van der Waals surface area (Å²) >= 11 is 0. The van der Waals surface area contributed by atoms with Crippen molar-refractivity contribution in [1.29, 1.82) is 0 Å². The van der Waals surface area contributed by atoms with Gasteiger partial charge in [0.15, 0.2) is 24.7 Å². The van der Waals surface area contributed by atoms with E-state index in [1.807, 2.05) is 0 Å². The van der Waals surface area contributed by atoms with E-state index in [-0.39, 0.29) is 55.0 Å². The van der Waals surface area contributed by atoms with Crippen LogP contribution in [0.3, 0.4) is 0 Å². The minimum absolute atomic E-state index is 0.00628. The summed E-state index contributed by atoms with van der Waals surface area (Å²) in [5.41, 5.74) is 6.88. The molecule has 2 fully saturated rings. The molecule has 0 amide bonds. The summed E-state index contributed by atoms with van der Waals surface area (Å²) in [6.07, 6.45) is -3.54. The number of carbonyl (C=O) groups is 1. The molecule has 3 N–H and O–H groups in total. The smallest absolute Gasteiger partial charge is 0.475 e. The highest BCUT2D eigenvalue weighted by molar-refractivity contribution is 7.92. The molecular weight excluding hydrogens is 632 g/mol. The fraction of sp³-hybridized carbons (Fsp3) is 0.478. The van der Waals surface area contributed by atoms with Crippen LogP contribution in [-0.4, -0.2) is 99.0 Å². The SMILES string of the molecule is NCc1ccnc(S(=O)(=O)CC2CC(c3ccc(F)cc3)CN2S(=O)(=O)N2CCS(=O)(=O)CC2)c1.O=C(O)C(F)(F)F. The fourth-order valence-corrected chi connectivity index (χ4v) is 9.38. The van der Waals surface area contributed by atoms with Gasteiger partial charge >= 0.3 is 12.1 Å². The van der Waals surface area contributed by atoms with Crippen molar-refractivity contribution in [3.05, 3.63) is 59.5 Å². The molecule has 2 atom stereocenters. The van der Waals surface area contributed by atoms with Crippen LogP contribution >= 0.6 is 0 Å². The molecule has 2 aliphatic rings. The van der Waals surface area contributed by atoms with Crippen LogP contribution in [0.2, 0.25) is 0 Å². The maximum atomic E-state index is 13.5. The second-order valence-corrected chi connectivity index (χ2v) is 15.7. The molecule has 0 saturated carbocycles. The van der Waals surface area contributed by atoms with Gasteiger partial charge < -0.3 is 10.8 Å². The van der Waals surface area contributed by atoms with Crippen LogP contribution in [0, 0.1) is 5.82 Å². The van der Waals surface area contributed by atoms with E-state index in [1.54, 1.807) is 18.2 Å². The molecule has 1 aromatic heterocycles. The Balaban J connectivity index is 0.000000616. The van der Waals surface area contributed by atoms with Gasteiger partial charge in [-0.15, -0.1) is 0 Å². The predicted molar refractivity (Wildman–Crippen MR) is 141 cm³/mol. The summed E-state index contributed by atoms with van der Waals surface area (Å²) in [6.45, 7) is -0.267. The van der Waals surface area contributed by atoms with Crippen molar-refractivity contribution in [2.24, 2.45) is 5.73 Å². The van der Waals surface area contributed by atoms with E-state index >= 15 is 0 Å². The number of aromatic nitrogens is 1. The number of sulfone groups is 2. The number of nitrogens with zero attached hydrogens (tertiary/aromatic N) is 3. The van der Waals surface area contributed by atoms with E-state index in [0.717, 1.165) is 8.61 Å².